The van der Waals surface area contributed by atoms with Crippen molar-refractivity contribution >= 4 is 23.0 Å². The molecule has 38 heavy (non-hydrogen) atoms. The highest BCUT2D eigenvalue weighted by Crippen LogP contribution is 2.36. The zero-order chi connectivity index (χ0) is 27.4. The number of nitrogens with one attached hydrogen (secondary N) is 1. The minimum Gasteiger partial charge on any atom is -0.505 e. The smallest absolute Gasteiger partial charge is 0.154 e. The quantitative estimate of drug-likeness (QED) is 0.236. The van der Waals surface area contributed by atoms with Crippen molar-refractivity contribution in [3.8, 4) is 5.75 Å². The van der Waals surface area contributed by atoms with Crippen LogP contribution in [0.15, 0.2) is 72.1 Å². The van der Waals surface area contributed by atoms with Gasteiger partial charge in [-0.25, -0.2) is 24.9 Å². The molecule has 10 nitrogen and oxygen atoms in total. The molecule has 0 radical (unpaired) electrons. The van der Waals surface area contributed by atoms with E-state index < -0.39 is 11.6 Å². The maximum absolute atomic E-state index is 14.3. The number of amidine groups is 1. The number of anilines is 1. The number of nitrogens with zero attached hydrogens (tertiary/aromatic N) is 5. The van der Waals surface area contributed by atoms with Gasteiger partial charge in [0.2, 0.25) is 0 Å². The minimum absolute atomic E-state index is 0.000752. The monoisotopic (exact) mass is 520 g/mol. The predicted molar refractivity (Wildman–Crippen MR) is 146 cm³/mol. The molecule has 0 spiro atoms. The highest BCUT2D eigenvalue weighted by atomic mass is 19.1. The van der Waals surface area contributed by atoms with Crippen molar-refractivity contribution in [1.82, 2.24) is 20.1 Å². The van der Waals surface area contributed by atoms with E-state index >= 15 is 0 Å². The van der Waals surface area contributed by atoms with E-state index in [1.807, 2.05) is 20.8 Å². The fourth-order valence-corrected chi connectivity index (χ4v) is 4.35. The molecule has 6 N–H and O–H groups in total. The number of pyridine rings is 1. The number of rotatable bonds is 10. The first-order chi connectivity index (χ1) is 18.1. The summed E-state index contributed by atoms with van der Waals surface area (Å²) in [6.07, 6.45) is 3.65. The molecule has 11 heteroatoms. The fourth-order valence-electron chi connectivity index (χ4n) is 4.35. The largest absolute Gasteiger partial charge is 0.505 e. The van der Waals surface area contributed by atoms with Crippen molar-refractivity contribution in [2.24, 2.45) is 22.0 Å². The molecule has 0 saturated carbocycles. The summed E-state index contributed by atoms with van der Waals surface area (Å²) in [5.41, 5.74) is 8.34. The third-order valence-electron chi connectivity index (χ3n) is 6.22. The average molecular weight is 521 g/mol. The Morgan fingerprint density at radius 2 is 2.05 bits per heavy atom. The Kier molecular flexibility index (Phi) is 7.91. The van der Waals surface area contributed by atoms with E-state index in [1.165, 1.54) is 28.2 Å². The molecule has 3 aromatic rings. The van der Waals surface area contributed by atoms with Crippen LogP contribution in [0.5, 0.6) is 5.75 Å². The van der Waals surface area contributed by atoms with Crippen LogP contribution in [0, 0.1) is 11.2 Å². The highest BCUT2D eigenvalue weighted by Gasteiger charge is 2.36. The number of benzene rings is 1. The summed E-state index contributed by atoms with van der Waals surface area (Å²) in [5.74, 6) is 7.30. The van der Waals surface area contributed by atoms with Crippen LogP contribution in [0.1, 0.15) is 31.9 Å². The molecule has 0 saturated heterocycles. The molecule has 1 unspecified atom stereocenters. The first-order valence-corrected chi connectivity index (χ1v) is 12.2. The van der Waals surface area contributed by atoms with E-state index in [-0.39, 0.29) is 18.1 Å². The van der Waals surface area contributed by atoms with Gasteiger partial charge in [0, 0.05) is 40.5 Å². The van der Waals surface area contributed by atoms with Gasteiger partial charge in [-0.2, -0.15) is 5.10 Å². The molecular formula is C27H33FN8O2. The summed E-state index contributed by atoms with van der Waals surface area (Å²) in [4.78, 5) is 9.15. The Bertz CT molecular complexity index is 1380. The van der Waals surface area contributed by atoms with Crippen molar-refractivity contribution in [3.63, 3.8) is 0 Å². The van der Waals surface area contributed by atoms with E-state index in [4.69, 9.17) is 21.3 Å². The van der Waals surface area contributed by atoms with Crippen LogP contribution in [0.25, 0.3) is 11.4 Å². The second-order valence-corrected chi connectivity index (χ2v) is 9.55. The van der Waals surface area contributed by atoms with Crippen molar-refractivity contribution in [2.45, 2.75) is 33.5 Å². The van der Waals surface area contributed by atoms with E-state index in [0.29, 0.717) is 47.4 Å². The first-order valence-electron chi connectivity index (χ1n) is 12.2. The molecule has 2 aromatic heterocycles. The SMILES string of the molecule is C=C(C1=NC(N)C(C(C)(C)COCC)=C(n2cc(O)cn2)N1)c1cccnc1N(N)Cc1ccccc1F. The van der Waals surface area contributed by atoms with Gasteiger partial charge in [-0.1, -0.05) is 38.6 Å². The summed E-state index contributed by atoms with van der Waals surface area (Å²) >= 11 is 0. The van der Waals surface area contributed by atoms with Gasteiger partial charge in [-0.05, 0) is 25.1 Å². The number of nitrogens with two attached hydrogens (primary N) is 2. The summed E-state index contributed by atoms with van der Waals surface area (Å²) in [6, 6.07) is 9.98. The number of hydrogen-bond donors (Lipinski definition) is 4. The van der Waals surface area contributed by atoms with Crippen LogP contribution in [0.4, 0.5) is 10.2 Å². The number of aromatic nitrogens is 3. The molecule has 3 heterocycles. The zero-order valence-electron chi connectivity index (χ0n) is 21.7. The van der Waals surface area contributed by atoms with Gasteiger partial charge < -0.3 is 20.9 Å². The van der Waals surface area contributed by atoms with Gasteiger partial charge >= 0.3 is 0 Å². The Balaban J connectivity index is 1.69. The number of hydrogen-bond acceptors (Lipinski definition) is 9. The normalized spacial score (nSPS) is 15.7. The maximum Gasteiger partial charge on any atom is 0.154 e. The van der Waals surface area contributed by atoms with Gasteiger partial charge in [0.25, 0.3) is 0 Å². The summed E-state index contributed by atoms with van der Waals surface area (Å²) in [6.45, 7) is 11.2. The van der Waals surface area contributed by atoms with Crippen LogP contribution in [-0.4, -0.2) is 45.1 Å². The molecule has 200 valence electrons. The van der Waals surface area contributed by atoms with Crippen LogP contribution < -0.4 is 21.9 Å². The molecule has 0 fully saturated rings. The Hall–Kier alpha value is -4.06. The number of halogens is 1. The number of ether oxygens (including phenoxy) is 1. The number of aromatic hydroxyl groups is 1. The standard InChI is InChI=1S/C27H33FN8O2/c1-5-38-16-27(3,4)22-23(29)33-24(34-26(22)36-15-19(37)13-32-36)17(2)20-10-8-12-31-25(20)35(30)14-18-9-6-7-11-21(18)28/h6-13,15,23,37H,2,5,14,16,29-30H2,1,3-4H3,(H,33,34). The van der Waals surface area contributed by atoms with Gasteiger partial charge in [-0.3, -0.25) is 5.01 Å². The van der Waals surface area contributed by atoms with Crippen LogP contribution >= 0.6 is 0 Å². The summed E-state index contributed by atoms with van der Waals surface area (Å²) in [5, 5.41) is 18.9. The lowest BCUT2D eigenvalue weighted by Crippen LogP contribution is -2.44. The highest BCUT2D eigenvalue weighted by molar-refractivity contribution is 6.25. The van der Waals surface area contributed by atoms with Gasteiger partial charge in [0.15, 0.2) is 11.6 Å². The van der Waals surface area contributed by atoms with Crippen molar-refractivity contribution in [1.29, 1.82) is 0 Å². The Morgan fingerprint density at radius 3 is 2.74 bits per heavy atom. The lowest BCUT2D eigenvalue weighted by molar-refractivity contribution is 0.0857. The molecule has 0 aliphatic carbocycles. The van der Waals surface area contributed by atoms with Gasteiger partial charge in [0.05, 0.1) is 25.5 Å². The lowest BCUT2D eigenvalue weighted by Gasteiger charge is -2.36. The van der Waals surface area contributed by atoms with Gasteiger partial charge in [-0.15, -0.1) is 0 Å². The second kappa shape index (κ2) is 11.1. The third-order valence-corrected chi connectivity index (χ3v) is 6.22. The van der Waals surface area contributed by atoms with Crippen molar-refractivity contribution < 1.29 is 14.2 Å². The molecule has 1 aliphatic heterocycles. The molecule has 0 amide bonds. The average Bonchev–Trinajstić information content (AvgIpc) is 3.34. The number of aliphatic imine (C=N–C) groups is 1. The molecular weight excluding hydrogens is 487 g/mol. The Morgan fingerprint density at radius 1 is 1.29 bits per heavy atom. The molecule has 4 rings (SSSR count). The van der Waals surface area contributed by atoms with E-state index in [2.05, 4.69) is 22.0 Å². The summed E-state index contributed by atoms with van der Waals surface area (Å²) < 4.78 is 21.5. The summed E-state index contributed by atoms with van der Waals surface area (Å²) in [7, 11) is 0. The molecule has 1 aliphatic rings. The molecule has 1 atom stereocenters. The number of hydrazine groups is 1. The van der Waals surface area contributed by atoms with E-state index in [0.717, 1.165) is 5.57 Å². The maximum atomic E-state index is 14.3. The van der Waals surface area contributed by atoms with Crippen LogP contribution in [0.3, 0.4) is 0 Å². The van der Waals surface area contributed by atoms with Gasteiger partial charge in [0.1, 0.15) is 23.6 Å². The van der Waals surface area contributed by atoms with Crippen LogP contribution in [-0.2, 0) is 11.3 Å². The minimum atomic E-state index is -0.757. The molecule has 0 bridgehead atoms. The zero-order valence-corrected chi connectivity index (χ0v) is 21.7. The first kappa shape index (κ1) is 27.0. The van der Waals surface area contributed by atoms with E-state index in [9.17, 15) is 9.50 Å². The van der Waals surface area contributed by atoms with Crippen LogP contribution in [0.2, 0.25) is 0 Å². The Labute approximate surface area is 221 Å². The fraction of sp³-hybridized carbons (Fsp3) is 0.296. The van der Waals surface area contributed by atoms with Crippen molar-refractivity contribution in [3.05, 3.63) is 84.1 Å². The predicted octanol–water partition coefficient (Wildman–Crippen LogP) is 3.23. The lowest BCUT2D eigenvalue weighted by atomic mass is 9.82. The molecule has 1 aromatic carbocycles. The topological polar surface area (TPSA) is 140 Å². The van der Waals surface area contributed by atoms with Crippen molar-refractivity contribution in [2.75, 3.05) is 18.2 Å². The second-order valence-electron chi connectivity index (χ2n) is 9.55. The third kappa shape index (κ3) is 5.59. The van der Waals surface area contributed by atoms with E-state index in [1.54, 1.807) is 36.5 Å².